The van der Waals surface area contributed by atoms with Gasteiger partial charge in [-0.2, -0.15) is 0 Å². The van der Waals surface area contributed by atoms with Gasteiger partial charge in [0, 0.05) is 7.11 Å². The predicted octanol–water partition coefficient (Wildman–Crippen LogP) is 2.73. The largest absolute Gasteiger partial charge is 0.453 e. The van der Waals surface area contributed by atoms with Gasteiger partial charge in [0.05, 0.1) is 13.2 Å². The van der Waals surface area contributed by atoms with Crippen LogP contribution in [0.5, 0.6) is 0 Å². The summed E-state index contributed by atoms with van der Waals surface area (Å²) in [6.45, 7) is 12.7. The second-order valence-electron chi connectivity index (χ2n) is 5.88. The number of methoxy groups -OCH3 is 2. The lowest BCUT2D eigenvalue weighted by atomic mass is 10.2. The molecule has 0 aromatic rings. The second kappa shape index (κ2) is 6.54. The fraction of sp³-hybridized carbons (Fsp3) is 0.917. The quantitative estimate of drug-likeness (QED) is 0.620. The molecule has 5 nitrogen and oxygen atoms in total. The zero-order valence-electron chi connectivity index (χ0n) is 12.8. The van der Waals surface area contributed by atoms with Gasteiger partial charge in [0.1, 0.15) is 0 Å². The minimum atomic E-state index is -1.88. The molecule has 6 heteroatoms. The van der Waals surface area contributed by atoms with Gasteiger partial charge in [-0.1, -0.05) is 20.8 Å². The van der Waals surface area contributed by atoms with Crippen molar-refractivity contribution in [3.8, 4) is 0 Å². The van der Waals surface area contributed by atoms with Crippen LogP contribution in [-0.4, -0.2) is 41.0 Å². The number of nitrogens with one attached hydrogen (secondary N) is 1. The van der Waals surface area contributed by atoms with E-state index >= 15 is 0 Å². The van der Waals surface area contributed by atoms with Crippen LogP contribution in [0.15, 0.2) is 0 Å². The summed E-state index contributed by atoms with van der Waals surface area (Å²) in [6, 6.07) is 0. The topological polar surface area (TPSA) is 56.8 Å². The Labute approximate surface area is 111 Å². The average Bonchev–Trinajstić information content (AvgIpc) is 2.22. The van der Waals surface area contributed by atoms with Crippen LogP contribution in [0.1, 0.15) is 27.7 Å². The maximum Gasteiger partial charge on any atom is 0.408 e. The first-order valence-electron chi connectivity index (χ1n) is 6.10. The zero-order chi connectivity index (χ0) is 14.6. The van der Waals surface area contributed by atoms with Crippen molar-refractivity contribution in [2.24, 2.45) is 0 Å². The van der Waals surface area contributed by atoms with Gasteiger partial charge in [0.25, 0.3) is 0 Å². The summed E-state index contributed by atoms with van der Waals surface area (Å²) in [5.41, 5.74) is 0. The normalized spacial score (nSPS) is 16.0. The van der Waals surface area contributed by atoms with E-state index in [9.17, 15) is 4.79 Å². The molecule has 0 radical (unpaired) electrons. The van der Waals surface area contributed by atoms with Crippen molar-refractivity contribution in [3.05, 3.63) is 0 Å². The molecule has 0 fully saturated rings. The molecule has 1 N–H and O–H groups in total. The summed E-state index contributed by atoms with van der Waals surface area (Å²) in [7, 11) is 0.974. The molecule has 108 valence electrons. The van der Waals surface area contributed by atoms with Crippen molar-refractivity contribution >= 4 is 14.4 Å². The van der Waals surface area contributed by atoms with Crippen LogP contribution in [0.25, 0.3) is 0 Å². The van der Waals surface area contributed by atoms with Gasteiger partial charge in [-0.3, -0.25) is 5.32 Å². The lowest BCUT2D eigenvalue weighted by Crippen LogP contribution is -2.51. The third-order valence-electron chi connectivity index (χ3n) is 3.41. The van der Waals surface area contributed by atoms with Crippen LogP contribution >= 0.6 is 0 Å². The number of hydrogen-bond donors (Lipinski definition) is 1. The molecule has 0 aliphatic rings. The van der Waals surface area contributed by atoms with E-state index < -0.39 is 20.6 Å². The summed E-state index contributed by atoms with van der Waals surface area (Å²) in [5, 5.41) is 2.72. The van der Waals surface area contributed by atoms with Gasteiger partial charge < -0.3 is 13.9 Å². The van der Waals surface area contributed by atoms with Gasteiger partial charge in [-0.05, 0) is 25.1 Å². The SMILES string of the molecule is COC(=O)NC(OC)C(C)O[Si](C)(C)C(C)(C)C. The van der Waals surface area contributed by atoms with E-state index in [2.05, 4.69) is 43.9 Å². The molecule has 0 heterocycles. The lowest BCUT2D eigenvalue weighted by Gasteiger charge is -2.40. The third-order valence-corrected chi connectivity index (χ3v) is 7.99. The number of rotatable bonds is 5. The monoisotopic (exact) mass is 277 g/mol. The number of ether oxygens (including phenoxy) is 2. The first-order chi connectivity index (χ1) is 8.05. The summed E-state index contributed by atoms with van der Waals surface area (Å²) < 4.78 is 15.9. The smallest absolute Gasteiger partial charge is 0.408 e. The van der Waals surface area contributed by atoms with Gasteiger partial charge in [0.2, 0.25) is 0 Å². The van der Waals surface area contributed by atoms with Crippen molar-refractivity contribution in [2.75, 3.05) is 14.2 Å². The molecule has 0 spiro atoms. The van der Waals surface area contributed by atoms with E-state index in [1.807, 2.05) is 6.92 Å². The molecule has 0 aliphatic carbocycles. The Kier molecular flexibility index (Phi) is 6.32. The summed E-state index contributed by atoms with van der Waals surface area (Å²) in [6.07, 6.45) is -1.26. The molecular formula is C12H27NO4Si. The van der Waals surface area contributed by atoms with E-state index in [4.69, 9.17) is 9.16 Å². The van der Waals surface area contributed by atoms with Gasteiger partial charge >= 0.3 is 6.09 Å². The van der Waals surface area contributed by atoms with Crippen molar-refractivity contribution in [3.63, 3.8) is 0 Å². The highest BCUT2D eigenvalue weighted by atomic mass is 28.4. The van der Waals surface area contributed by atoms with Crippen molar-refractivity contribution < 1.29 is 18.7 Å². The Morgan fingerprint density at radius 2 is 1.72 bits per heavy atom. The average molecular weight is 277 g/mol. The standard InChI is InChI=1S/C12H27NO4Si/c1-9(10(15-5)13-11(14)16-6)17-18(7,8)12(2,3)4/h9-10H,1-8H3,(H,13,14). The lowest BCUT2D eigenvalue weighted by molar-refractivity contribution is -0.0147. The molecule has 0 bridgehead atoms. The highest BCUT2D eigenvalue weighted by Gasteiger charge is 2.40. The Balaban J connectivity index is 4.62. The molecule has 0 rings (SSSR count). The molecule has 0 aliphatic heterocycles. The van der Waals surface area contributed by atoms with Crippen molar-refractivity contribution in [2.45, 2.75) is 58.2 Å². The Hall–Kier alpha value is -0.593. The molecule has 2 unspecified atom stereocenters. The van der Waals surface area contributed by atoms with Crippen molar-refractivity contribution in [1.82, 2.24) is 5.32 Å². The molecule has 0 aromatic carbocycles. The summed E-state index contributed by atoms with van der Waals surface area (Å²) in [4.78, 5) is 11.2. The maximum absolute atomic E-state index is 11.2. The first kappa shape index (κ1) is 17.4. The van der Waals surface area contributed by atoms with Crippen LogP contribution < -0.4 is 5.32 Å². The molecule has 1 amide bonds. The summed E-state index contributed by atoms with van der Waals surface area (Å²) in [5.74, 6) is 0. The van der Waals surface area contributed by atoms with Crippen LogP contribution in [0, 0.1) is 0 Å². The second-order valence-corrected chi connectivity index (χ2v) is 10.6. The Morgan fingerprint density at radius 3 is 2.06 bits per heavy atom. The minimum Gasteiger partial charge on any atom is -0.453 e. The first-order valence-corrected chi connectivity index (χ1v) is 9.01. The van der Waals surface area contributed by atoms with E-state index in [1.54, 1.807) is 0 Å². The molecule has 18 heavy (non-hydrogen) atoms. The van der Waals surface area contributed by atoms with Crippen LogP contribution in [-0.2, 0) is 13.9 Å². The Bertz CT molecular complexity index is 276. The molecule has 0 aromatic heterocycles. The van der Waals surface area contributed by atoms with Gasteiger partial charge in [-0.15, -0.1) is 0 Å². The van der Waals surface area contributed by atoms with Crippen LogP contribution in [0.3, 0.4) is 0 Å². The van der Waals surface area contributed by atoms with E-state index in [0.717, 1.165) is 0 Å². The molecule has 2 atom stereocenters. The highest BCUT2D eigenvalue weighted by Crippen LogP contribution is 2.37. The van der Waals surface area contributed by atoms with Gasteiger partial charge in [0.15, 0.2) is 14.5 Å². The fourth-order valence-corrected chi connectivity index (χ4v) is 2.65. The maximum atomic E-state index is 11.2. The van der Waals surface area contributed by atoms with Crippen LogP contribution in [0.4, 0.5) is 4.79 Å². The van der Waals surface area contributed by atoms with E-state index in [-0.39, 0.29) is 11.1 Å². The predicted molar refractivity (Wildman–Crippen MR) is 74.1 cm³/mol. The molecular weight excluding hydrogens is 250 g/mol. The molecule has 0 saturated heterocycles. The number of carbonyl (C=O) groups is 1. The van der Waals surface area contributed by atoms with E-state index in [1.165, 1.54) is 14.2 Å². The summed E-state index contributed by atoms with van der Waals surface area (Å²) >= 11 is 0. The highest BCUT2D eigenvalue weighted by molar-refractivity contribution is 6.74. The van der Waals surface area contributed by atoms with Gasteiger partial charge in [-0.25, -0.2) is 4.79 Å². The number of hydrogen-bond acceptors (Lipinski definition) is 4. The van der Waals surface area contributed by atoms with E-state index in [0.29, 0.717) is 0 Å². The third kappa shape index (κ3) is 4.95. The number of amides is 1. The van der Waals surface area contributed by atoms with Crippen molar-refractivity contribution in [1.29, 1.82) is 0 Å². The number of carbonyl (C=O) groups excluding carboxylic acids is 1. The molecule has 0 saturated carbocycles. The van der Waals surface area contributed by atoms with Crippen LogP contribution in [0.2, 0.25) is 18.1 Å². The fourth-order valence-electron chi connectivity index (χ4n) is 1.25. The Morgan fingerprint density at radius 1 is 1.22 bits per heavy atom. The minimum absolute atomic E-state index is 0.116. The number of alkyl carbamates (subject to hydrolysis) is 1. The zero-order valence-corrected chi connectivity index (χ0v) is 13.8.